The van der Waals surface area contributed by atoms with Crippen molar-refractivity contribution in [3.05, 3.63) is 24.3 Å². The molecular formula is C16H22O4. The Labute approximate surface area is 120 Å². The van der Waals surface area contributed by atoms with Crippen molar-refractivity contribution in [2.24, 2.45) is 0 Å². The van der Waals surface area contributed by atoms with Gasteiger partial charge in [0, 0.05) is 12.8 Å². The van der Waals surface area contributed by atoms with Gasteiger partial charge < -0.3 is 18.9 Å². The molecule has 2 aliphatic heterocycles. The standard InChI is InChI=1S/C16H22O4/c1-2-8-14(20-16-10-4-6-12-18-16)13(7-1)19-15-9-3-5-11-17-15/h1-2,7-8,15-16H,3-6,9-12H2/t15-,16-/m0/s1. The maximum atomic E-state index is 5.93. The Hall–Kier alpha value is -1.26. The molecule has 2 fully saturated rings. The lowest BCUT2D eigenvalue weighted by Crippen LogP contribution is -2.27. The minimum absolute atomic E-state index is 0.152. The molecule has 4 heteroatoms. The van der Waals surface area contributed by atoms with Crippen LogP contribution in [-0.4, -0.2) is 25.8 Å². The van der Waals surface area contributed by atoms with E-state index >= 15 is 0 Å². The fraction of sp³-hybridized carbons (Fsp3) is 0.625. The molecule has 2 atom stereocenters. The third-order valence-electron chi connectivity index (χ3n) is 3.64. The molecular weight excluding hydrogens is 256 g/mol. The smallest absolute Gasteiger partial charge is 0.200 e. The summed E-state index contributed by atoms with van der Waals surface area (Å²) in [6, 6.07) is 7.76. The Morgan fingerprint density at radius 1 is 0.750 bits per heavy atom. The Kier molecular flexibility index (Phi) is 4.77. The zero-order valence-corrected chi connectivity index (χ0v) is 11.8. The third kappa shape index (κ3) is 3.64. The second-order valence-electron chi connectivity index (χ2n) is 5.27. The second-order valence-corrected chi connectivity index (χ2v) is 5.27. The highest BCUT2D eigenvalue weighted by atomic mass is 16.7. The predicted molar refractivity (Wildman–Crippen MR) is 74.9 cm³/mol. The number of para-hydroxylation sites is 2. The summed E-state index contributed by atoms with van der Waals surface area (Å²) in [5.74, 6) is 1.49. The first-order valence-electron chi connectivity index (χ1n) is 7.57. The van der Waals surface area contributed by atoms with Crippen molar-refractivity contribution in [1.82, 2.24) is 0 Å². The van der Waals surface area contributed by atoms with Gasteiger partial charge >= 0.3 is 0 Å². The molecule has 4 nitrogen and oxygen atoms in total. The first-order chi connectivity index (χ1) is 9.92. The van der Waals surface area contributed by atoms with Crippen LogP contribution in [0.5, 0.6) is 11.5 Å². The Morgan fingerprint density at radius 3 is 1.65 bits per heavy atom. The predicted octanol–water partition coefficient (Wildman–Crippen LogP) is 3.50. The normalized spacial score (nSPS) is 27.0. The maximum Gasteiger partial charge on any atom is 0.200 e. The molecule has 0 aliphatic carbocycles. The number of benzene rings is 1. The van der Waals surface area contributed by atoms with Gasteiger partial charge in [-0.3, -0.25) is 0 Å². The lowest BCUT2D eigenvalue weighted by molar-refractivity contribution is -0.119. The Balaban J connectivity index is 1.63. The molecule has 1 aromatic carbocycles. The van der Waals surface area contributed by atoms with Crippen LogP contribution in [0.3, 0.4) is 0 Å². The molecule has 0 N–H and O–H groups in total. The van der Waals surface area contributed by atoms with Gasteiger partial charge in [0.15, 0.2) is 24.1 Å². The van der Waals surface area contributed by atoms with E-state index in [1.165, 1.54) is 0 Å². The van der Waals surface area contributed by atoms with Crippen molar-refractivity contribution >= 4 is 0 Å². The average Bonchev–Trinajstić information content (AvgIpc) is 2.51. The molecule has 0 spiro atoms. The summed E-state index contributed by atoms with van der Waals surface area (Å²) in [5, 5.41) is 0. The zero-order valence-electron chi connectivity index (χ0n) is 11.8. The first-order valence-corrected chi connectivity index (χ1v) is 7.57. The van der Waals surface area contributed by atoms with Gasteiger partial charge in [-0.2, -0.15) is 0 Å². The monoisotopic (exact) mass is 278 g/mol. The van der Waals surface area contributed by atoms with E-state index in [0.29, 0.717) is 0 Å². The molecule has 0 amide bonds. The van der Waals surface area contributed by atoms with E-state index in [1.54, 1.807) is 0 Å². The lowest BCUT2D eigenvalue weighted by Gasteiger charge is -2.27. The quantitative estimate of drug-likeness (QED) is 0.844. The Morgan fingerprint density at radius 2 is 1.25 bits per heavy atom. The van der Waals surface area contributed by atoms with Gasteiger partial charge in [0.1, 0.15) is 0 Å². The van der Waals surface area contributed by atoms with E-state index in [0.717, 1.165) is 63.2 Å². The summed E-state index contributed by atoms with van der Waals surface area (Å²) >= 11 is 0. The van der Waals surface area contributed by atoms with Crippen LogP contribution in [0.15, 0.2) is 24.3 Å². The van der Waals surface area contributed by atoms with E-state index in [2.05, 4.69) is 0 Å². The fourth-order valence-corrected chi connectivity index (χ4v) is 2.54. The molecule has 110 valence electrons. The lowest BCUT2D eigenvalue weighted by atomic mass is 10.2. The number of hydrogen-bond donors (Lipinski definition) is 0. The van der Waals surface area contributed by atoms with Crippen LogP contribution >= 0.6 is 0 Å². The highest BCUT2D eigenvalue weighted by Crippen LogP contribution is 2.31. The molecule has 0 aromatic heterocycles. The molecule has 2 saturated heterocycles. The minimum Gasteiger partial charge on any atom is -0.461 e. The number of rotatable bonds is 4. The molecule has 2 heterocycles. The summed E-state index contributed by atoms with van der Waals surface area (Å²) in [7, 11) is 0. The molecule has 0 saturated carbocycles. The summed E-state index contributed by atoms with van der Waals surface area (Å²) in [6.45, 7) is 1.55. The molecule has 3 rings (SSSR count). The zero-order chi connectivity index (χ0) is 13.6. The topological polar surface area (TPSA) is 36.9 Å². The largest absolute Gasteiger partial charge is 0.461 e. The highest BCUT2D eigenvalue weighted by molar-refractivity contribution is 5.39. The van der Waals surface area contributed by atoms with Gasteiger partial charge in [-0.1, -0.05) is 12.1 Å². The minimum atomic E-state index is -0.152. The Bertz CT molecular complexity index is 370. The van der Waals surface area contributed by atoms with Gasteiger partial charge in [0.25, 0.3) is 0 Å². The highest BCUT2D eigenvalue weighted by Gasteiger charge is 2.20. The third-order valence-corrected chi connectivity index (χ3v) is 3.64. The number of hydrogen-bond acceptors (Lipinski definition) is 4. The van der Waals surface area contributed by atoms with E-state index in [4.69, 9.17) is 18.9 Å². The SMILES string of the molecule is c1ccc(O[C@H]2CCCCO2)c(O[C@H]2CCCCO2)c1. The maximum absolute atomic E-state index is 5.93. The van der Waals surface area contributed by atoms with E-state index in [-0.39, 0.29) is 12.6 Å². The molecule has 2 aliphatic rings. The van der Waals surface area contributed by atoms with Crippen molar-refractivity contribution in [2.75, 3.05) is 13.2 Å². The van der Waals surface area contributed by atoms with Crippen molar-refractivity contribution < 1.29 is 18.9 Å². The van der Waals surface area contributed by atoms with Crippen molar-refractivity contribution in [3.8, 4) is 11.5 Å². The van der Waals surface area contributed by atoms with Crippen molar-refractivity contribution in [3.63, 3.8) is 0 Å². The van der Waals surface area contributed by atoms with Gasteiger partial charge in [0.05, 0.1) is 13.2 Å². The van der Waals surface area contributed by atoms with Gasteiger partial charge in [0.2, 0.25) is 0 Å². The van der Waals surface area contributed by atoms with Crippen molar-refractivity contribution in [1.29, 1.82) is 0 Å². The van der Waals surface area contributed by atoms with Crippen LogP contribution in [0.2, 0.25) is 0 Å². The molecule has 0 unspecified atom stereocenters. The number of ether oxygens (including phenoxy) is 4. The van der Waals surface area contributed by atoms with Crippen molar-refractivity contribution in [2.45, 2.75) is 51.1 Å². The first kappa shape index (κ1) is 13.7. The second kappa shape index (κ2) is 6.95. The summed E-state index contributed by atoms with van der Waals surface area (Å²) in [5.41, 5.74) is 0. The molecule has 20 heavy (non-hydrogen) atoms. The van der Waals surface area contributed by atoms with Gasteiger partial charge in [-0.15, -0.1) is 0 Å². The van der Waals surface area contributed by atoms with Crippen LogP contribution in [-0.2, 0) is 9.47 Å². The summed E-state index contributed by atoms with van der Waals surface area (Å²) in [4.78, 5) is 0. The molecule has 0 bridgehead atoms. The summed E-state index contributed by atoms with van der Waals surface area (Å²) < 4.78 is 23.1. The van der Waals surface area contributed by atoms with Gasteiger partial charge in [-0.25, -0.2) is 0 Å². The van der Waals surface area contributed by atoms with E-state index < -0.39 is 0 Å². The fourth-order valence-electron chi connectivity index (χ4n) is 2.54. The van der Waals surface area contributed by atoms with Crippen LogP contribution in [0.25, 0.3) is 0 Å². The van der Waals surface area contributed by atoms with Gasteiger partial charge in [-0.05, 0) is 37.8 Å². The van der Waals surface area contributed by atoms with Crippen LogP contribution in [0.4, 0.5) is 0 Å². The average molecular weight is 278 g/mol. The van der Waals surface area contributed by atoms with E-state index in [9.17, 15) is 0 Å². The molecule has 1 aromatic rings. The van der Waals surface area contributed by atoms with Crippen LogP contribution in [0.1, 0.15) is 38.5 Å². The van der Waals surface area contributed by atoms with Crippen LogP contribution < -0.4 is 9.47 Å². The summed E-state index contributed by atoms with van der Waals surface area (Å²) in [6.07, 6.45) is 6.12. The molecule has 0 radical (unpaired) electrons. The van der Waals surface area contributed by atoms with E-state index in [1.807, 2.05) is 24.3 Å². The van der Waals surface area contributed by atoms with Crippen LogP contribution in [0, 0.1) is 0 Å².